The first-order valence-electron chi connectivity index (χ1n) is 13.2. The molecule has 2 aromatic carbocycles. The number of amides is 1. The number of hydrogen-bond acceptors (Lipinski definition) is 9. The number of anilines is 1. The van der Waals surface area contributed by atoms with Crippen molar-refractivity contribution in [3.8, 4) is 11.4 Å². The lowest BCUT2D eigenvalue weighted by molar-refractivity contribution is -0.124. The molecule has 10 nitrogen and oxygen atoms in total. The van der Waals surface area contributed by atoms with Gasteiger partial charge < -0.3 is 24.5 Å². The Balaban J connectivity index is 1.53. The number of imidazole rings is 1. The Morgan fingerprint density at radius 2 is 1.61 bits per heavy atom. The third-order valence-electron chi connectivity index (χ3n) is 6.28. The van der Waals surface area contributed by atoms with Crippen LogP contribution in [0.2, 0.25) is 0 Å². The number of aromatic amines is 1. The number of aryl methyl sites for hydroxylation is 1. The van der Waals surface area contributed by atoms with Crippen LogP contribution in [-0.2, 0) is 19.0 Å². The second-order valence-electron chi connectivity index (χ2n) is 9.18. The molecule has 4 rings (SSSR count). The second kappa shape index (κ2) is 12.8. The monoisotopic (exact) mass is 577 g/mol. The first kappa shape index (κ1) is 29.5. The lowest BCUT2D eigenvalue weighted by atomic mass is 10.1. The Morgan fingerprint density at radius 3 is 2.27 bits per heavy atom. The van der Waals surface area contributed by atoms with Crippen LogP contribution >= 0.6 is 11.3 Å². The van der Waals surface area contributed by atoms with Crippen LogP contribution in [0.1, 0.15) is 68.7 Å². The zero-order valence-corrected chi connectivity index (χ0v) is 24.3. The van der Waals surface area contributed by atoms with Gasteiger partial charge >= 0.3 is 17.9 Å². The van der Waals surface area contributed by atoms with Gasteiger partial charge in [-0.2, -0.15) is 0 Å². The number of rotatable bonds is 10. The van der Waals surface area contributed by atoms with Crippen molar-refractivity contribution in [3.63, 3.8) is 0 Å². The Bertz CT molecular complexity index is 1600. The van der Waals surface area contributed by atoms with Crippen LogP contribution < -0.4 is 5.32 Å². The molecule has 2 heterocycles. The maximum atomic E-state index is 13.2. The number of H-pyrrole nitrogens is 1. The van der Waals surface area contributed by atoms with Gasteiger partial charge in [0.05, 0.1) is 35.4 Å². The largest absolute Gasteiger partial charge is 0.462 e. The van der Waals surface area contributed by atoms with Gasteiger partial charge in [0.25, 0.3) is 5.91 Å². The first-order chi connectivity index (χ1) is 19.7. The lowest BCUT2D eigenvalue weighted by Gasteiger charge is -2.16. The highest BCUT2D eigenvalue weighted by Gasteiger charge is 2.30. The van der Waals surface area contributed by atoms with E-state index in [1.165, 1.54) is 0 Å². The van der Waals surface area contributed by atoms with Gasteiger partial charge in [0.2, 0.25) is 0 Å². The van der Waals surface area contributed by atoms with Crippen LogP contribution in [0, 0.1) is 13.8 Å². The number of ether oxygens (including phenoxy) is 3. The molecule has 0 saturated heterocycles. The van der Waals surface area contributed by atoms with Crippen molar-refractivity contribution < 1.29 is 33.4 Å². The topological polar surface area (TPSA) is 137 Å². The molecular weight excluding hydrogens is 546 g/mol. The van der Waals surface area contributed by atoms with Crippen LogP contribution in [-0.4, -0.2) is 53.1 Å². The normalized spacial score (nSPS) is 11.6. The average Bonchev–Trinajstić information content (AvgIpc) is 3.52. The standard InChI is InChI=1S/C30H31N3O7S/c1-6-22(26(34)33-27-23(29(36)38-7-2)17(5)24(41-27)30(37)39-8-3)40-28(35)19-13-14-20-21(15-19)32-25(31-20)18-11-9-16(4)10-12-18/h9-15,22H,6-8H2,1-5H3,(H,31,32)(H,33,34). The Labute approximate surface area is 241 Å². The average molecular weight is 578 g/mol. The summed E-state index contributed by atoms with van der Waals surface area (Å²) in [5.74, 6) is -1.97. The molecule has 0 aliphatic carbocycles. The smallest absolute Gasteiger partial charge is 0.348 e. The van der Waals surface area contributed by atoms with E-state index in [0.717, 1.165) is 22.5 Å². The van der Waals surface area contributed by atoms with Crippen molar-refractivity contribution in [1.29, 1.82) is 0 Å². The van der Waals surface area contributed by atoms with Crippen molar-refractivity contribution >= 4 is 51.2 Å². The zero-order chi connectivity index (χ0) is 29.7. The molecular formula is C30H31N3O7S. The van der Waals surface area contributed by atoms with E-state index in [0.29, 0.717) is 22.4 Å². The van der Waals surface area contributed by atoms with Gasteiger partial charge in [-0.25, -0.2) is 19.4 Å². The minimum absolute atomic E-state index is 0.0588. The van der Waals surface area contributed by atoms with Gasteiger partial charge in [-0.1, -0.05) is 36.8 Å². The molecule has 0 aliphatic heterocycles. The van der Waals surface area contributed by atoms with E-state index in [2.05, 4.69) is 15.3 Å². The van der Waals surface area contributed by atoms with Gasteiger partial charge in [0.15, 0.2) is 6.10 Å². The number of hydrogen-bond donors (Lipinski definition) is 2. The number of esters is 3. The van der Waals surface area contributed by atoms with E-state index < -0.39 is 29.9 Å². The highest BCUT2D eigenvalue weighted by molar-refractivity contribution is 7.18. The third-order valence-corrected chi connectivity index (χ3v) is 7.47. The number of benzene rings is 2. The summed E-state index contributed by atoms with van der Waals surface area (Å²) in [4.78, 5) is 59.3. The summed E-state index contributed by atoms with van der Waals surface area (Å²) in [6.45, 7) is 8.86. The summed E-state index contributed by atoms with van der Waals surface area (Å²) in [6.07, 6.45) is -0.989. The SMILES string of the molecule is CCOC(=O)c1sc(NC(=O)C(CC)OC(=O)c2ccc3nc(-c4ccc(C)cc4)[nH]c3c2)c(C(=O)OCC)c1C. The molecule has 0 radical (unpaired) electrons. The molecule has 0 fully saturated rings. The summed E-state index contributed by atoms with van der Waals surface area (Å²) in [6, 6.07) is 12.8. The molecule has 11 heteroatoms. The number of nitrogens with zero attached hydrogens (tertiary/aromatic N) is 1. The maximum absolute atomic E-state index is 13.2. The summed E-state index contributed by atoms with van der Waals surface area (Å²) in [7, 11) is 0. The predicted octanol–water partition coefficient (Wildman–Crippen LogP) is 5.84. The molecule has 0 aliphatic rings. The molecule has 214 valence electrons. The van der Waals surface area contributed by atoms with Crippen LogP contribution in [0.4, 0.5) is 5.00 Å². The fourth-order valence-electron chi connectivity index (χ4n) is 4.14. The molecule has 0 spiro atoms. The highest BCUT2D eigenvalue weighted by Crippen LogP contribution is 2.34. The van der Waals surface area contributed by atoms with E-state index in [4.69, 9.17) is 14.2 Å². The van der Waals surface area contributed by atoms with Gasteiger partial charge in [-0.05, 0) is 57.9 Å². The number of carbonyl (C=O) groups is 4. The molecule has 1 unspecified atom stereocenters. The number of carbonyl (C=O) groups excluding carboxylic acids is 4. The van der Waals surface area contributed by atoms with Gasteiger partial charge in [0, 0.05) is 5.56 Å². The summed E-state index contributed by atoms with van der Waals surface area (Å²) < 4.78 is 15.8. The van der Waals surface area contributed by atoms with Gasteiger partial charge in [-0.15, -0.1) is 11.3 Å². The minimum atomic E-state index is -1.16. The highest BCUT2D eigenvalue weighted by atomic mass is 32.1. The summed E-state index contributed by atoms with van der Waals surface area (Å²) in [5, 5.41) is 2.77. The molecule has 1 atom stereocenters. The number of thiophene rings is 1. The summed E-state index contributed by atoms with van der Waals surface area (Å²) >= 11 is 0.904. The quantitative estimate of drug-likeness (QED) is 0.177. The molecule has 2 N–H and O–H groups in total. The van der Waals surface area contributed by atoms with E-state index in [-0.39, 0.29) is 40.6 Å². The predicted molar refractivity (Wildman–Crippen MR) is 155 cm³/mol. The van der Waals surface area contributed by atoms with Crippen molar-refractivity contribution in [3.05, 3.63) is 69.6 Å². The van der Waals surface area contributed by atoms with Crippen molar-refractivity contribution in [2.45, 2.75) is 47.1 Å². The number of nitrogens with one attached hydrogen (secondary N) is 2. The zero-order valence-electron chi connectivity index (χ0n) is 23.5. The van der Waals surface area contributed by atoms with Crippen LogP contribution in [0.15, 0.2) is 42.5 Å². The lowest BCUT2D eigenvalue weighted by Crippen LogP contribution is -2.32. The summed E-state index contributed by atoms with van der Waals surface area (Å²) in [5.41, 5.74) is 4.01. The van der Waals surface area contributed by atoms with Gasteiger partial charge in [0.1, 0.15) is 15.7 Å². The van der Waals surface area contributed by atoms with Crippen molar-refractivity contribution in [1.82, 2.24) is 9.97 Å². The van der Waals surface area contributed by atoms with E-state index in [1.54, 1.807) is 45.9 Å². The molecule has 41 heavy (non-hydrogen) atoms. The van der Waals surface area contributed by atoms with E-state index in [9.17, 15) is 19.2 Å². The maximum Gasteiger partial charge on any atom is 0.348 e. The van der Waals surface area contributed by atoms with E-state index in [1.807, 2.05) is 31.2 Å². The van der Waals surface area contributed by atoms with Crippen LogP contribution in [0.3, 0.4) is 0 Å². The van der Waals surface area contributed by atoms with Crippen LogP contribution in [0.5, 0.6) is 0 Å². The fourth-order valence-corrected chi connectivity index (χ4v) is 5.23. The molecule has 4 aromatic rings. The van der Waals surface area contributed by atoms with Gasteiger partial charge in [-0.3, -0.25) is 4.79 Å². The molecule has 2 aromatic heterocycles. The molecule has 0 bridgehead atoms. The Hall–Kier alpha value is -4.51. The Morgan fingerprint density at radius 1 is 0.927 bits per heavy atom. The van der Waals surface area contributed by atoms with Crippen molar-refractivity contribution in [2.75, 3.05) is 18.5 Å². The molecule has 1 amide bonds. The first-order valence-corrected chi connectivity index (χ1v) is 14.0. The molecule has 0 saturated carbocycles. The second-order valence-corrected chi connectivity index (χ2v) is 10.2. The van der Waals surface area contributed by atoms with E-state index >= 15 is 0 Å². The Kier molecular flexibility index (Phi) is 9.18. The third kappa shape index (κ3) is 6.46. The number of fused-ring (bicyclic) bond motifs is 1. The number of aromatic nitrogens is 2. The van der Waals surface area contributed by atoms with Crippen molar-refractivity contribution in [2.24, 2.45) is 0 Å². The fraction of sp³-hybridized carbons (Fsp3) is 0.300. The minimum Gasteiger partial charge on any atom is -0.462 e. The van der Waals surface area contributed by atoms with Crippen LogP contribution in [0.25, 0.3) is 22.4 Å².